The van der Waals surface area contributed by atoms with E-state index in [9.17, 15) is 4.79 Å². The van der Waals surface area contributed by atoms with E-state index in [1.54, 1.807) is 6.20 Å². The highest BCUT2D eigenvalue weighted by atomic mass is 16.1. The van der Waals surface area contributed by atoms with Crippen LogP contribution in [-0.2, 0) is 4.79 Å². The van der Waals surface area contributed by atoms with Crippen LogP contribution in [0.2, 0.25) is 0 Å². The summed E-state index contributed by atoms with van der Waals surface area (Å²) in [5, 5.41) is 3.12. The molecule has 86 valence electrons. The smallest absolute Gasteiger partial charge is 0.223 e. The molecule has 1 fully saturated rings. The fourth-order valence-corrected chi connectivity index (χ4v) is 1.78. The number of pyridine rings is 1. The van der Waals surface area contributed by atoms with E-state index in [0.29, 0.717) is 5.92 Å². The molecule has 1 aromatic heterocycles. The van der Waals surface area contributed by atoms with Crippen LogP contribution in [-0.4, -0.2) is 10.9 Å². The van der Waals surface area contributed by atoms with E-state index in [1.807, 2.05) is 32.2 Å². The molecule has 1 heterocycles. The predicted octanol–water partition coefficient (Wildman–Crippen LogP) is 2.30. The number of amides is 1. The standard InChI is InChI=1S/C13H18N2O/c1-9(2)13(16)15-12(10-5-6-10)11-4-3-7-14-8-11/h3-4,7-10,12H,5-6H2,1-2H3,(H,15,16). The molecule has 1 aliphatic rings. The van der Waals surface area contributed by atoms with E-state index in [2.05, 4.69) is 10.3 Å². The second kappa shape index (κ2) is 4.64. The first-order valence-electron chi connectivity index (χ1n) is 5.89. The van der Waals surface area contributed by atoms with Crippen molar-refractivity contribution in [3.63, 3.8) is 0 Å². The van der Waals surface area contributed by atoms with Crippen molar-refractivity contribution in [2.24, 2.45) is 11.8 Å². The predicted molar refractivity (Wildman–Crippen MR) is 62.7 cm³/mol. The van der Waals surface area contributed by atoms with Gasteiger partial charge in [-0.3, -0.25) is 9.78 Å². The van der Waals surface area contributed by atoms with Crippen molar-refractivity contribution >= 4 is 5.91 Å². The van der Waals surface area contributed by atoms with E-state index in [4.69, 9.17) is 0 Å². The SMILES string of the molecule is CC(C)C(=O)NC(c1cccnc1)C1CC1. The van der Waals surface area contributed by atoms with Crippen molar-refractivity contribution in [3.8, 4) is 0 Å². The zero-order chi connectivity index (χ0) is 11.5. The number of hydrogen-bond donors (Lipinski definition) is 1. The van der Waals surface area contributed by atoms with Crippen LogP contribution in [0, 0.1) is 11.8 Å². The third kappa shape index (κ3) is 2.60. The average Bonchev–Trinajstić information content (AvgIpc) is 3.10. The maximum atomic E-state index is 11.7. The normalized spacial score (nSPS) is 17.2. The molecule has 3 heteroatoms. The summed E-state index contributed by atoms with van der Waals surface area (Å²) in [6, 6.07) is 4.12. The summed E-state index contributed by atoms with van der Waals surface area (Å²) in [6.45, 7) is 3.84. The maximum absolute atomic E-state index is 11.7. The number of nitrogens with zero attached hydrogens (tertiary/aromatic N) is 1. The lowest BCUT2D eigenvalue weighted by Gasteiger charge is -2.19. The molecule has 3 nitrogen and oxygen atoms in total. The number of carbonyl (C=O) groups is 1. The van der Waals surface area contributed by atoms with E-state index >= 15 is 0 Å². The van der Waals surface area contributed by atoms with Gasteiger partial charge in [-0.2, -0.15) is 0 Å². The number of rotatable bonds is 4. The summed E-state index contributed by atoms with van der Waals surface area (Å²) >= 11 is 0. The Kier molecular flexibility index (Phi) is 3.22. The van der Waals surface area contributed by atoms with Crippen LogP contribution in [0.5, 0.6) is 0 Å². The number of hydrogen-bond acceptors (Lipinski definition) is 2. The van der Waals surface area contributed by atoms with Gasteiger partial charge in [-0.25, -0.2) is 0 Å². The Bertz CT molecular complexity index is 357. The number of nitrogens with one attached hydrogen (secondary N) is 1. The second-order valence-electron chi connectivity index (χ2n) is 4.76. The van der Waals surface area contributed by atoms with Crippen molar-refractivity contribution in [2.45, 2.75) is 32.7 Å². The molecule has 1 aliphatic carbocycles. The Balaban J connectivity index is 2.09. The van der Waals surface area contributed by atoms with Crippen molar-refractivity contribution < 1.29 is 4.79 Å². The van der Waals surface area contributed by atoms with E-state index in [0.717, 1.165) is 5.56 Å². The Hall–Kier alpha value is -1.38. The first-order valence-corrected chi connectivity index (χ1v) is 5.89. The minimum absolute atomic E-state index is 0.0397. The molecule has 2 rings (SSSR count). The van der Waals surface area contributed by atoms with Gasteiger partial charge in [0.25, 0.3) is 0 Å². The van der Waals surface area contributed by atoms with Crippen molar-refractivity contribution in [1.82, 2.24) is 10.3 Å². The molecule has 0 aliphatic heterocycles. The largest absolute Gasteiger partial charge is 0.349 e. The number of aromatic nitrogens is 1. The van der Waals surface area contributed by atoms with Crippen LogP contribution in [0.25, 0.3) is 0 Å². The molecule has 0 spiro atoms. The van der Waals surface area contributed by atoms with E-state index in [-0.39, 0.29) is 17.9 Å². The minimum Gasteiger partial charge on any atom is -0.349 e. The summed E-state index contributed by atoms with van der Waals surface area (Å²) in [6.07, 6.45) is 6.02. The Morgan fingerprint density at radius 1 is 1.50 bits per heavy atom. The van der Waals surface area contributed by atoms with Crippen LogP contribution >= 0.6 is 0 Å². The van der Waals surface area contributed by atoms with Gasteiger partial charge < -0.3 is 5.32 Å². The molecule has 0 saturated heterocycles. The first-order chi connectivity index (χ1) is 7.68. The van der Waals surface area contributed by atoms with Gasteiger partial charge in [0.05, 0.1) is 6.04 Å². The Morgan fingerprint density at radius 2 is 2.25 bits per heavy atom. The van der Waals surface area contributed by atoms with Crippen molar-refractivity contribution in [3.05, 3.63) is 30.1 Å². The molecular formula is C13H18N2O. The van der Waals surface area contributed by atoms with Gasteiger partial charge in [0.1, 0.15) is 0 Å². The molecule has 0 bridgehead atoms. The van der Waals surface area contributed by atoms with Gasteiger partial charge in [0.15, 0.2) is 0 Å². The molecule has 1 amide bonds. The average molecular weight is 218 g/mol. The Morgan fingerprint density at radius 3 is 2.75 bits per heavy atom. The molecule has 1 aromatic rings. The molecule has 16 heavy (non-hydrogen) atoms. The molecule has 0 radical (unpaired) electrons. The van der Waals surface area contributed by atoms with E-state index in [1.165, 1.54) is 12.8 Å². The molecule has 0 aromatic carbocycles. The highest BCUT2D eigenvalue weighted by molar-refractivity contribution is 5.78. The third-order valence-corrected chi connectivity index (χ3v) is 2.96. The highest BCUT2D eigenvalue weighted by Crippen LogP contribution is 2.40. The van der Waals surface area contributed by atoms with Gasteiger partial charge in [0, 0.05) is 18.3 Å². The molecule has 1 atom stereocenters. The lowest BCUT2D eigenvalue weighted by atomic mass is 10.0. The minimum atomic E-state index is 0.0397. The zero-order valence-electron chi connectivity index (χ0n) is 9.81. The van der Waals surface area contributed by atoms with Crippen LogP contribution in [0.1, 0.15) is 38.3 Å². The lowest BCUT2D eigenvalue weighted by Crippen LogP contribution is -2.33. The summed E-state index contributed by atoms with van der Waals surface area (Å²) in [5.74, 6) is 0.769. The van der Waals surface area contributed by atoms with Gasteiger partial charge >= 0.3 is 0 Å². The van der Waals surface area contributed by atoms with Crippen LogP contribution in [0.3, 0.4) is 0 Å². The van der Waals surface area contributed by atoms with Gasteiger partial charge in [-0.15, -0.1) is 0 Å². The summed E-state index contributed by atoms with van der Waals surface area (Å²) < 4.78 is 0. The van der Waals surface area contributed by atoms with Crippen molar-refractivity contribution in [2.75, 3.05) is 0 Å². The van der Waals surface area contributed by atoms with Gasteiger partial charge in [0.2, 0.25) is 5.91 Å². The Labute approximate surface area is 96.3 Å². The fourth-order valence-electron chi connectivity index (χ4n) is 1.78. The third-order valence-electron chi connectivity index (χ3n) is 2.96. The second-order valence-corrected chi connectivity index (χ2v) is 4.76. The summed E-state index contributed by atoms with van der Waals surface area (Å²) in [5.41, 5.74) is 1.12. The van der Waals surface area contributed by atoms with Crippen LogP contribution in [0.15, 0.2) is 24.5 Å². The highest BCUT2D eigenvalue weighted by Gasteiger charge is 2.33. The van der Waals surface area contributed by atoms with Gasteiger partial charge in [-0.1, -0.05) is 19.9 Å². The molecule has 1 saturated carbocycles. The summed E-state index contributed by atoms with van der Waals surface area (Å²) in [4.78, 5) is 15.8. The molecule has 1 N–H and O–H groups in total. The maximum Gasteiger partial charge on any atom is 0.223 e. The zero-order valence-corrected chi connectivity index (χ0v) is 9.81. The quantitative estimate of drug-likeness (QED) is 0.842. The lowest BCUT2D eigenvalue weighted by molar-refractivity contribution is -0.124. The first kappa shape index (κ1) is 11.1. The monoisotopic (exact) mass is 218 g/mol. The molecular weight excluding hydrogens is 200 g/mol. The van der Waals surface area contributed by atoms with Crippen LogP contribution in [0.4, 0.5) is 0 Å². The van der Waals surface area contributed by atoms with Crippen LogP contribution < -0.4 is 5.32 Å². The summed E-state index contributed by atoms with van der Waals surface area (Å²) in [7, 11) is 0. The number of carbonyl (C=O) groups excluding carboxylic acids is 1. The topological polar surface area (TPSA) is 42.0 Å². The van der Waals surface area contributed by atoms with E-state index < -0.39 is 0 Å². The van der Waals surface area contributed by atoms with Crippen molar-refractivity contribution in [1.29, 1.82) is 0 Å². The fraction of sp³-hybridized carbons (Fsp3) is 0.538. The van der Waals surface area contributed by atoms with Gasteiger partial charge in [-0.05, 0) is 30.4 Å². The molecule has 1 unspecified atom stereocenters.